The standard InChI is InChI=1S/C26H30FN3O5S/c1-18(25(32)28-21-7-3-2-4-8-21)29(17-19-11-13-20(27)14-12-19)24(31)15-16-30-26(33)22-9-5-6-10-23(22)36(30,34)35/h5-6,9-14,18,21H,2-4,7-8,15-17H2,1H3,(H,28,32)/t18-/m0/s1. The van der Waals surface area contributed by atoms with Gasteiger partial charge in [-0.3, -0.25) is 14.4 Å². The van der Waals surface area contributed by atoms with Crippen LogP contribution in [0.15, 0.2) is 53.4 Å². The van der Waals surface area contributed by atoms with Crippen molar-refractivity contribution in [3.05, 3.63) is 65.5 Å². The largest absolute Gasteiger partial charge is 0.352 e. The Balaban J connectivity index is 1.49. The summed E-state index contributed by atoms with van der Waals surface area (Å²) < 4.78 is 39.8. The number of nitrogens with zero attached hydrogens (tertiary/aromatic N) is 2. The normalized spacial score (nSPS) is 17.9. The Kier molecular flexibility index (Phi) is 7.73. The van der Waals surface area contributed by atoms with E-state index in [0.717, 1.165) is 32.1 Å². The minimum atomic E-state index is -4.04. The smallest absolute Gasteiger partial charge is 0.269 e. The van der Waals surface area contributed by atoms with Gasteiger partial charge in [-0.05, 0) is 49.6 Å². The number of amides is 3. The minimum absolute atomic E-state index is 0.0410. The highest BCUT2D eigenvalue weighted by atomic mass is 32.2. The van der Waals surface area contributed by atoms with Crippen LogP contribution in [0.3, 0.4) is 0 Å². The molecule has 0 bridgehead atoms. The van der Waals surface area contributed by atoms with E-state index in [1.807, 2.05) is 0 Å². The van der Waals surface area contributed by atoms with Crippen molar-refractivity contribution in [3.8, 4) is 0 Å². The third-order valence-electron chi connectivity index (χ3n) is 6.83. The van der Waals surface area contributed by atoms with Crippen LogP contribution in [0.5, 0.6) is 0 Å². The quantitative estimate of drug-likeness (QED) is 0.581. The van der Waals surface area contributed by atoms with Gasteiger partial charge in [-0.1, -0.05) is 43.5 Å². The van der Waals surface area contributed by atoms with Gasteiger partial charge >= 0.3 is 0 Å². The van der Waals surface area contributed by atoms with Gasteiger partial charge in [-0.2, -0.15) is 0 Å². The van der Waals surface area contributed by atoms with E-state index in [2.05, 4.69) is 5.32 Å². The fraction of sp³-hybridized carbons (Fsp3) is 0.423. The molecule has 1 N–H and O–H groups in total. The van der Waals surface area contributed by atoms with E-state index < -0.39 is 33.7 Å². The van der Waals surface area contributed by atoms with Gasteiger partial charge in [0.1, 0.15) is 16.8 Å². The average molecular weight is 516 g/mol. The number of benzene rings is 2. The predicted octanol–water partition coefficient (Wildman–Crippen LogP) is 3.23. The first-order valence-corrected chi connectivity index (χ1v) is 13.6. The summed E-state index contributed by atoms with van der Waals surface area (Å²) in [5.41, 5.74) is 0.702. The number of carbonyl (C=O) groups is 3. The maximum absolute atomic E-state index is 13.4. The number of halogens is 1. The van der Waals surface area contributed by atoms with Crippen molar-refractivity contribution >= 4 is 27.7 Å². The number of carbonyl (C=O) groups excluding carboxylic acids is 3. The first-order chi connectivity index (χ1) is 17.2. The van der Waals surface area contributed by atoms with E-state index >= 15 is 0 Å². The first-order valence-electron chi connectivity index (χ1n) is 12.2. The molecular formula is C26H30FN3O5S. The second kappa shape index (κ2) is 10.8. The lowest BCUT2D eigenvalue weighted by molar-refractivity contribution is -0.141. The molecule has 4 rings (SSSR count). The van der Waals surface area contributed by atoms with Crippen LogP contribution in [-0.4, -0.2) is 54.0 Å². The SMILES string of the molecule is C[C@@H](C(=O)NC1CCCCC1)N(Cc1ccc(F)cc1)C(=O)CCN1C(=O)c2ccccc2S1(=O)=O. The Bertz CT molecular complexity index is 1240. The van der Waals surface area contributed by atoms with E-state index in [-0.39, 0.29) is 41.9 Å². The molecule has 1 fully saturated rings. The molecule has 192 valence electrons. The number of hydrogen-bond acceptors (Lipinski definition) is 5. The summed E-state index contributed by atoms with van der Waals surface area (Å²) in [6.45, 7) is 1.32. The molecule has 0 spiro atoms. The molecule has 2 aromatic carbocycles. The van der Waals surface area contributed by atoms with Crippen LogP contribution in [0, 0.1) is 5.82 Å². The monoisotopic (exact) mass is 515 g/mol. The molecule has 1 heterocycles. The van der Waals surface area contributed by atoms with Gasteiger partial charge in [0.25, 0.3) is 15.9 Å². The van der Waals surface area contributed by atoms with Crippen LogP contribution in [0.4, 0.5) is 4.39 Å². The van der Waals surface area contributed by atoms with E-state index in [9.17, 15) is 27.2 Å². The summed E-state index contributed by atoms with van der Waals surface area (Å²) >= 11 is 0. The molecule has 1 aliphatic carbocycles. The first kappa shape index (κ1) is 25.8. The maximum Gasteiger partial charge on any atom is 0.269 e. The molecule has 8 nitrogen and oxygen atoms in total. The highest BCUT2D eigenvalue weighted by molar-refractivity contribution is 7.90. The number of rotatable bonds is 8. The van der Waals surface area contributed by atoms with E-state index in [4.69, 9.17) is 0 Å². The Morgan fingerprint density at radius 1 is 1.08 bits per heavy atom. The van der Waals surface area contributed by atoms with Crippen molar-refractivity contribution in [2.75, 3.05) is 6.54 Å². The van der Waals surface area contributed by atoms with Crippen LogP contribution in [0.1, 0.15) is 61.4 Å². The lowest BCUT2D eigenvalue weighted by Gasteiger charge is -2.31. The molecular weight excluding hydrogens is 485 g/mol. The van der Waals surface area contributed by atoms with Crippen LogP contribution in [0.2, 0.25) is 0 Å². The fourth-order valence-electron chi connectivity index (χ4n) is 4.73. The zero-order valence-corrected chi connectivity index (χ0v) is 21.0. The van der Waals surface area contributed by atoms with Crippen molar-refractivity contribution in [2.24, 2.45) is 0 Å². The van der Waals surface area contributed by atoms with Crippen LogP contribution >= 0.6 is 0 Å². The molecule has 1 aliphatic heterocycles. The summed E-state index contributed by atoms with van der Waals surface area (Å²) in [5.74, 6) is -1.87. The van der Waals surface area contributed by atoms with Gasteiger partial charge < -0.3 is 10.2 Å². The van der Waals surface area contributed by atoms with Gasteiger partial charge in [-0.25, -0.2) is 17.1 Å². The predicted molar refractivity (Wildman–Crippen MR) is 131 cm³/mol. The van der Waals surface area contributed by atoms with Crippen molar-refractivity contribution in [1.82, 2.24) is 14.5 Å². The Morgan fingerprint density at radius 3 is 2.42 bits per heavy atom. The molecule has 0 saturated heterocycles. The highest BCUT2D eigenvalue weighted by Crippen LogP contribution is 2.30. The lowest BCUT2D eigenvalue weighted by atomic mass is 9.95. The molecule has 3 amide bonds. The van der Waals surface area contributed by atoms with E-state index in [1.165, 1.54) is 47.4 Å². The second-order valence-corrected chi connectivity index (χ2v) is 11.1. The van der Waals surface area contributed by atoms with Crippen LogP contribution < -0.4 is 5.32 Å². The molecule has 0 aromatic heterocycles. The number of sulfonamides is 1. The molecule has 10 heteroatoms. The third kappa shape index (κ3) is 5.43. The van der Waals surface area contributed by atoms with E-state index in [0.29, 0.717) is 9.87 Å². The van der Waals surface area contributed by atoms with Crippen molar-refractivity contribution in [3.63, 3.8) is 0 Å². The molecule has 0 radical (unpaired) electrons. The van der Waals surface area contributed by atoms with Gasteiger partial charge in [-0.15, -0.1) is 0 Å². The number of fused-ring (bicyclic) bond motifs is 1. The summed E-state index contributed by atoms with van der Waals surface area (Å²) in [5, 5.41) is 3.02. The van der Waals surface area contributed by atoms with Gasteiger partial charge in [0.2, 0.25) is 11.8 Å². The number of nitrogens with one attached hydrogen (secondary N) is 1. The third-order valence-corrected chi connectivity index (χ3v) is 8.67. The minimum Gasteiger partial charge on any atom is -0.352 e. The molecule has 0 unspecified atom stereocenters. The van der Waals surface area contributed by atoms with Gasteiger partial charge in [0.15, 0.2) is 0 Å². The Morgan fingerprint density at radius 2 is 1.75 bits per heavy atom. The van der Waals surface area contributed by atoms with Crippen molar-refractivity contribution in [1.29, 1.82) is 0 Å². The molecule has 2 aliphatic rings. The van der Waals surface area contributed by atoms with Crippen molar-refractivity contribution < 1.29 is 27.2 Å². The van der Waals surface area contributed by atoms with Crippen LogP contribution in [0.25, 0.3) is 0 Å². The number of hydrogen-bond donors (Lipinski definition) is 1. The summed E-state index contributed by atoms with van der Waals surface area (Å²) in [6.07, 6.45) is 4.70. The average Bonchev–Trinajstić information content (AvgIpc) is 3.07. The summed E-state index contributed by atoms with van der Waals surface area (Å²) in [4.78, 5) is 40.4. The maximum atomic E-state index is 13.4. The topological polar surface area (TPSA) is 104 Å². The zero-order chi connectivity index (χ0) is 25.9. The summed E-state index contributed by atoms with van der Waals surface area (Å²) in [6, 6.07) is 10.8. The second-order valence-electron chi connectivity index (χ2n) is 9.30. The highest BCUT2D eigenvalue weighted by Gasteiger charge is 2.41. The van der Waals surface area contributed by atoms with Crippen molar-refractivity contribution in [2.45, 2.75) is 69.0 Å². The zero-order valence-electron chi connectivity index (χ0n) is 20.2. The summed E-state index contributed by atoms with van der Waals surface area (Å²) in [7, 11) is -4.04. The van der Waals surface area contributed by atoms with Crippen LogP contribution in [-0.2, 0) is 26.2 Å². The lowest BCUT2D eigenvalue weighted by Crippen LogP contribution is -2.50. The Labute approximate surface area is 210 Å². The molecule has 36 heavy (non-hydrogen) atoms. The van der Waals surface area contributed by atoms with Gasteiger partial charge in [0.05, 0.1) is 5.56 Å². The molecule has 2 aromatic rings. The molecule has 1 saturated carbocycles. The van der Waals surface area contributed by atoms with Gasteiger partial charge in [0, 0.05) is 25.6 Å². The Hall–Kier alpha value is -3.27. The molecule has 1 atom stereocenters. The van der Waals surface area contributed by atoms with E-state index in [1.54, 1.807) is 13.0 Å². The fourth-order valence-corrected chi connectivity index (χ4v) is 6.30.